The molecule has 2 rings (SSSR count). The Morgan fingerprint density at radius 1 is 1.30 bits per heavy atom. The van der Waals surface area contributed by atoms with Crippen LogP contribution in [0.2, 0.25) is 0 Å². The predicted octanol–water partition coefficient (Wildman–Crippen LogP) is 2.85. The topological polar surface area (TPSA) is 79.0 Å². The lowest BCUT2D eigenvalue weighted by atomic mass is 10.3. The van der Waals surface area contributed by atoms with Gasteiger partial charge in [-0.25, -0.2) is 8.42 Å². The highest BCUT2D eigenvalue weighted by Crippen LogP contribution is 2.27. The van der Waals surface area contributed by atoms with Crippen molar-refractivity contribution in [1.29, 1.82) is 0 Å². The van der Waals surface area contributed by atoms with Gasteiger partial charge >= 0.3 is 0 Å². The van der Waals surface area contributed by atoms with E-state index in [-0.39, 0.29) is 29.5 Å². The summed E-state index contributed by atoms with van der Waals surface area (Å²) >= 11 is 0. The molecule has 1 amide bonds. The van der Waals surface area contributed by atoms with Gasteiger partial charge in [0.05, 0.1) is 17.5 Å². The number of benzene rings is 1. The summed E-state index contributed by atoms with van der Waals surface area (Å²) in [6.07, 6.45) is 3.85. The molecule has 0 bridgehead atoms. The number of sulfonamides is 1. The number of likely N-dealkylation sites (N-methyl/N-ethyl adjacent to an activating group) is 1. The molecule has 0 radical (unpaired) electrons. The van der Waals surface area contributed by atoms with E-state index in [4.69, 9.17) is 4.84 Å². The average Bonchev–Trinajstić information content (AvgIpc) is 3.16. The van der Waals surface area contributed by atoms with Crippen molar-refractivity contribution >= 4 is 21.6 Å². The van der Waals surface area contributed by atoms with E-state index < -0.39 is 10.0 Å². The van der Waals surface area contributed by atoms with Crippen molar-refractivity contribution in [2.24, 2.45) is 0 Å². The van der Waals surface area contributed by atoms with E-state index in [1.54, 1.807) is 50.1 Å². The molecule has 0 aliphatic heterocycles. The first-order chi connectivity index (χ1) is 12.8. The first-order valence-corrected chi connectivity index (χ1v) is 11.0. The summed E-state index contributed by atoms with van der Waals surface area (Å²) in [5.74, 6) is -0.0564. The normalized spacial score (nSPS) is 15.5. The molecule has 1 saturated carbocycles. The zero-order valence-corrected chi connectivity index (χ0v) is 17.5. The molecule has 0 aromatic heterocycles. The van der Waals surface area contributed by atoms with Crippen molar-refractivity contribution in [3.8, 4) is 0 Å². The minimum atomic E-state index is -3.79. The fourth-order valence-electron chi connectivity index (χ4n) is 2.96. The SMILES string of the molecule is CCN(C)C(=O)CNc1cccc(S(=O)(=O)N(OC2CCCC2)C(C)C)c1. The third-order valence-corrected chi connectivity index (χ3v) is 6.52. The molecular weight excluding hydrogens is 366 g/mol. The number of anilines is 1. The molecular formula is C19H31N3O4S. The third kappa shape index (κ3) is 5.67. The molecule has 1 N–H and O–H groups in total. The van der Waals surface area contributed by atoms with E-state index in [9.17, 15) is 13.2 Å². The molecule has 0 saturated heterocycles. The Bertz CT molecular complexity index is 730. The van der Waals surface area contributed by atoms with Gasteiger partial charge in [0.15, 0.2) is 0 Å². The highest BCUT2D eigenvalue weighted by atomic mass is 32.2. The molecule has 0 spiro atoms. The van der Waals surface area contributed by atoms with Gasteiger partial charge in [-0.2, -0.15) is 0 Å². The van der Waals surface area contributed by atoms with Crippen LogP contribution in [0.25, 0.3) is 0 Å². The van der Waals surface area contributed by atoms with Gasteiger partial charge in [0, 0.05) is 25.3 Å². The molecule has 27 heavy (non-hydrogen) atoms. The molecule has 8 heteroatoms. The van der Waals surface area contributed by atoms with Crippen LogP contribution in [0.5, 0.6) is 0 Å². The van der Waals surface area contributed by atoms with Crippen molar-refractivity contribution < 1.29 is 18.0 Å². The lowest BCUT2D eigenvalue weighted by Gasteiger charge is -2.28. The van der Waals surface area contributed by atoms with Gasteiger partial charge in [-0.1, -0.05) is 23.4 Å². The fourth-order valence-corrected chi connectivity index (χ4v) is 4.48. The summed E-state index contributed by atoms with van der Waals surface area (Å²) in [5.41, 5.74) is 0.582. The van der Waals surface area contributed by atoms with Gasteiger partial charge in [-0.3, -0.25) is 9.63 Å². The maximum Gasteiger partial charge on any atom is 0.265 e. The van der Waals surface area contributed by atoms with Crippen LogP contribution in [0.15, 0.2) is 29.2 Å². The van der Waals surface area contributed by atoms with E-state index in [1.165, 1.54) is 0 Å². The summed E-state index contributed by atoms with van der Waals surface area (Å²) in [5, 5.41) is 3.00. The van der Waals surface area contributed by atoms with Crippen LogP contribution in [-0.4, -0.2) is 56.0 Å². The number of carbonyl (C=O) groups excluding carboxylic acids is 1. The summed E-state index contributed by atoms with van der Waals surface area (Å²) in [6.45, 7) is 6.23. The van der Waals surface area contributed by atoms with Crippen molar-refractivity contribution in [3.05, 3.63) is 24.3 Å². The van der Waals surface area contributed by atoms with Crippen LogP contribution in [-0.2, 0) is 19.7 Å². The molecule has 1 aliphatic carbocycles. The molecule has 0 heterocycles. The Kier molecular flexibility index (Phi) is 7.64. The van der Waals surface area contributed by atoms with Crippen LogP contribution in [0.4, 0.5) is 5.69 Å². The monoisotopic (exact) mass is 397 g/mol. The van der Waals surface area contributed by atoms with Gasteiger partial charge in [0.1, 0.15) is 0 Å². The Morgan fingerprint density at radius 3 is 2.56 bits per heavy atom. The van der Waals surface area contributed by atoms with Gasteiger partial charge in [-0.15, -0.1) is 0 Å². The summed E-state index contributed by atoms with van der Waals surface area (Å²) in [7, 11) is -2.07. The largest absolute Gasteiger partial charge is 0.376 e. The van der Waals surface area contributed by atoms with Gasteiger partial charge in [0.2, 0.25) is 5.91 Å². The smallest absolute Gasteiger partial charge is 0.265 e. The Balaban J connectivity index is 2.15. The fraction of sp³-hybridized carbons (Fsp3) is 0.632. The van der Waals surface area contributed by atoms with Crippen LogP contribution < -0.4 is 5.32 Å². The standard InChI is InChI=1S/C19H31N3O4S/c1-5-21(4)19(23)14-20-16-9-8-12-18(13-16)27(24,25)22(15(2)3)26-17-10-6-7-11-17/h8-9,12-13,15,17,20H,5-7,10-11,14H2,1-4H3. The van der Waals surface area contributed by atoms with E-state index in [0.717, 1.165) is 30.2 Å². The maximum atomic E-state index is 13.1. The molecule has 152 valence electrons. The van der Waals surface area contributed by atoms with Crippen molar-refractivity contribution in [2.45, 2.75) is 63.5 Å². The molecule has 0 unspecified atom stereocenters. The van der Waals surface area contributed by atoms with Crippen molar-refractivity contribution in [3.63, 3.8) is 0 Å². The molecule has 1 aliphatic rings. The lowest BCUT2D eigenvalue weighted by molar-refractivity contribution is -0.146. The second kappa shape index (κ2) is 9.52. The zero-order chi connectivity index (χ0) is 20.0. The number of carbonyl (C=O) groups is 1. The summed E-state index contributed by atoms with van der Waals surface area (Å²) in [4.78, 5) is 19.5. The van der Waals surface area contributed by atoms with E-state index >= 15 is 0 Å². The van der Waals surface area contributed by atoms with Crippen LogP contribution in [0.1, 0.15) is 46.5 Å². The van der Waals surface area contributed by atoms with Crippen molar-refractivity contribution in [2.75, 3.05) is 25.5 Å². The number of nitrogens with zero attached hydrogens (tertiary/aromatic N) is 2. The second-order valence-electron chi connectivity index (χ2n) is 7.16. The van der Waals surface area contributed by atoms with Gasteiger partial charge in [-0.05, 0) is 51.8 Å². The maximum absolute atomic E-state index is 13.1. The minimum Gasteiger partial charge on any atom is -0.376 e. The predicted molar refractivity (Wildman–Crippen MR) is 106 cm³/mol. The van der Waals surface area contributed by atoms with Crippen LogP contribution in [0.3, 0.4) is 0 Å². The van der Waals surface area contributed by atoms with Gasteiger partial charge in [0.25, 0.3) is 10.0 Å². The average molecular weight is 398 g/mol. The first kappa shape index (κ1) is 21.7. The summed E-state index contributed by atoms with van der Waals surface area (Å²) < 4.78 is 27.3. The Labute approximate surface area is 162 Å². The second-order valence-corrected chi connectivity index (χ2v) is 8.94. The Hall–Kier alpha value is -1.64. The quantitative estimate of drug-likeness (QED) is 0.648. The number of nitrogens with one attached hydrogen (secondary N) is 1. The summed E-state index contributed by atoms with van der Waals surface area (Å²) in [6, 6.07) is 6.19. The number of hydrogen-bond acceptors (Lipinski definition) is 5. The van der Waals surface area contributed by atoms with E-state index in [2.05, 4.69) is 5.32 Å². The van der Waals surface area contributed by atoms with E-state index in [1.807, 2.05) is 6.92 Å². The highest BCUT2D eigenvalue weighted by molar-refractivity contribution is 7.89. The number of hydroxylamine groups is 1. The highest BCUT2D eigenvalue weighted by Gasteiger charge is 2.32. The van der Waals surface area contributed by atoms with Crippen LogP contribution >= 0.6 is 0 Å². The minimum absolute atomic E-state index is 0.0503. The molecule has 7 nitrogen and oxygen atoms in total. The number of amides is 1. The Morgan fingerprint density at radius 2 is 1.96 bits per heavy atom. The lowest BCUT2D eigenvalue weighted by Crippen LogP contribution is -2.39. The first-order valence-electron chi connectivity index (χ1n) is 9.54. The van der Waals surface area contributed by atoms with E-state index in [0.29, 0.717) is 12.2 Å². The molecule has 0 atom stereocenters. The molecule has 1 aromatic rings. The van der Waals surface area contributed by atoms with Crippen LogP contribution in [0, 0.1) is 0 Å². The molecule has 1 fully saturated rings. The number of hydrogen-bond donors (Lipinski definition) is 1. The number of rotatable bonds is 9. The zero-order valence-electron chi connectivity index (χ0n) is 16.6. The van der Waals surface area contributed by atoms with Gasteiger partial charge < -0.3 is 10.2 Å². The molecule has 1 aromatic carbocycles. The van der Waals surface area contributed by atoms with Crippen molar-refractivity contribution in [1.82, 2.24) is 9.37 Å². The third-order valence-electron chi connectivity index (χ3n) is 4.69.